The van der Waals surface area contributed by atoms with Crippen LogP contribution >= 0.6 is 11.8 Å². The highest BCUT2D eigenvalue weighted by molar-refractivity contribution is 7.99. The predicted molar refractivity (Wildman–Crippen MR) is 103 cm³/mol. The summed E-state index contributed by atoms with van der Waals surface area (Å²) >= 11 is 1.77. The molecule has 0 saturated carbocycles. The number of nitrogens with one attached hydrogen (secondary N) is 3. The van der Waals surface area contributed by atoms with Gasteiger partial charge >= 0.3 is 0 Å². The molecule has 1 aliphatic heterocycles. The van der Waals surface area contributed by atoms with Gasteiger partial charge in [-0.05, 0) is 49.3 Å². The fourth-order valence-corrected chi connectivity index (χ4v) is 4.25. The first kappa shape index (κ1) is 18.1. The summed E-state index contributed by atoms with van der Waals surface area (Å²) < 4.78 is 13.4. The van der Waals surface area contributed by atoms with Gasteiger partial charge in [0, 0.05) is 35.9 Å². The van der Waals surface area contributed by atoms with E-state index in [1.54, 1.807) is 23.9 Å². The van der Waals surface area contributed by atoms with Gasteiger partial charge in [-0.1, -0.05) is 0 Å². The number of nitrogens with zero attached hydrogens (tertiary/aromatic N) is 1. The number of thioether (sulfide) groups is 1. The summed E-state index contributed by atoms with van der Waals surface area (Å²) in [5.74, 6) is 2.22. The Bertz CT molecular complexity index is 740. The third kappa shape index (κ3) is 4.67. The van der Waals surface area contributed by atoms with Gasteiger partial charge in [-0.15, -0.1) is 0 Å². The number of aliphatic imine (C=N–C) groups is 1. The van der Waals surface area contributed by atoms with Crippen LogP contribution in [0.5, 0.6) is 0 Å². The highest BCUT2D eigenvalue weighted by atomic mass is 32.2. The number of H-pyrrole nitrogens is 1. The van der Waals surface area contributed by atoms with Gasteiger partial charge in [0.05, 0.1) is 12.1 Å². The molecule has 2 heterocycles. The van der Waals surface area contributed by atoms with Crippen LogP contribution in [0.15, 0.2) is 29.4 Å². The highest BCUT2D eigenvalue weighted by Crippen LogP contribution is 2.27. The maximum absolute atomic E-state index is 13.4. The van der Waals surface area contributed by atoms with Gasteiger partial charge in [-0.3, -0.25) is 4.99 Å². The molecule has 7 heteroatoms. The zero-order chi connectivity index (χ0) is 17.7. The smallest absolute Gasteiger partial charge is 0.191 e. The number of aromatic nitrogens is 1. The Balaban J connectivity index is 1.58. The molecular formula is C18H25FN4OS. The van der Waals surface area contributed by atoms with Crippen molar-refractivity contribution in [1.82, 2.24) is 15.6 Å². The molecule has 3 rings (SSSR count). The number of aromatic amines is 1. The molecule has 0 spiro atoms. The Morgan fingerprint density at radius 1 is 1.44 bits per heavy atom. The molecule has 0 amide bonds. The van der Waals surface area contributed by atoms with E-state index in [2.05, 4.69) is 20.6 Å². The average Bonchev–Trinajstić information content (AvgIpc) is 3.20. The van der Waals surface area contributed by atoms with Gasteiger partial charge in [-0.25, -0.2) is 4.39 Å². The van der Waals surface area contributed by atoms with Crippen LogP contribution in [0.25, 0.3) is 10.9 Å². The topological polar surface area (TPSA) is 72.4 Å². The van der Waals surface area contributed by atoms with Crippen molar-refractivity contribution in [2.24, 2.45) is 4.99 Å². The predicted octanol–water partition coefficient (Wildman–Crippen LogP) is 2.27. The van der Waals surface area contributed by atoms with Crippen molar-refractivity contribution in [1.29, 1.82) is 0 Å². The first-order valence-electron chi connectivity index (χ1n) is 8.67. The lowest BCUT2D eigenvalue weighted by molar-refractivity contribution is 0.0778. The number of hydrogen-bond donors (Lipinski definition) is 4. The average molecular weight is 364 g/mol. The van der Waals surface area contributed by atoms with E-state index < -0.39 is 5.60 Å². The van der Waals surface area contributed by atoms with Gasteiger partial charge in [0.15, 0.2) is 5.96 Å². The Kier molecular flexibility index (Phi) is 5.86. The summed E-state index contributed by atoms with van der Waals surface area (Å²) in [7, 11) is 0. The van der Waals surface area contributed by atoms with Crippen molar-refractivity contribution in [2.75, 3.05) is 31.1 Å². The van der Waals surface area contributed by atoms with Gasteiger partial charge in [0.1, 0.15) is 5.82 Å². The molecule has 4 N–H and O–H groups in total. The van der Waals surface area contributed by atoms with Crippen LogP contribution in [0, 0.1) is 5.82 Å². The number of halogens is 1. The zero-order valence-electron chi connectivity index (χ0n) is 14.4. The van der Waals surface area contributed by atoms with Crippen LogP contribution in [-0.2, 0) is 6.42 Å². The number of rotatable bonds is 6. The molecular weight excluding hydrogens is 339 g/mol. The van der Waals surface area contributed by atoms with Gasteiger partial charge in [0.25, 0.3) is 0 Å². The summed E-state index contributed by atoms with van der Waals surface area (Å²) in [6.45, 7) is 3.87. The summed E-state index contributed by atoms with van der Waals surface area (Å²) in [4.78, 5) is 7.70. The SMILES string of the molecule is CCNC(=NCC1(O)CCSC1)NCCc1c[nH]c2ccc(F)cc12. The first-order chi connectivity index (χ1) is 12.1. The molecule has 1 saturated heterocycles. The maximum Gasteiger partial charge on any atom is 0.191 e. The summed E-state index contributed by atoms with van der Waals surface area (Å²) in [5, 5.41) is 17.8. The Morgan fingerprint density at radius 3 is 3.08 bits per heavy atom. The highest BCUT2D eigenvalue weighted by Gasteiger charge is 2.31. The minimum atomic E-state index is -0.679. The molecule has 0 bridgehead atoms. The number of guanidine groups is 1. The second kappa shape index (κ2) is 8.10. The Labute approximate surface area is 151 Å². The molecule has 1 fully saturated rings. The van der Waals surface area contributed by atoms with Crippen molar-refractivity contribution in [3.8, 4) is 0 Å². The number of aliphatic hydroxyl groups is 1. The summed E-state index contributed by atoms with van der Waals surface area (Å²) in [6.07, 6.45) is 3.48. The van der Waals surface area contributed by atoms with E-state index in [-0.39, 0.29) is 5.82 Å². The molecule has 0 aliphatic carbocycles. The fraction of sp³-hybridized carbons (Fsp3) is 0.500. The standard InChI is InChI=1S/C18H25FN4OS/c1-2-20-17(23-11-18(24)6-8-25-12-18)21-7-5-13-10-22-16-4-3-14(19)9-15(13)16/h3-4,9-10,22,24H,2,5-8,11-12H2,1H3,(H2,20,21,23). The molecule has 1 aromatic heterocycles. The number of hydrogen-bond acceptors (Lipinski definition) is 3. The fourth-order valence-electron chi connectivity index (χ4n) is 2.96. The van der Waals surface area contributed by atoms with E-state index in [0.717, 1.165) is 47.4 Å². The van der Waals surface area contributed by atoms with Gasteiger partial charge in [-0.2, -0.15) is 11.8 Å². The van der Waals surface area contributed by atoms with E-state index >= 15 is 0 Å². The van der Waals surface area contributed by atoms with Crippen LogP contribution in [0.2, 0.25) is 0 Å². The molecule has 5 nitrogen and oxygen atoms in total. The quantitative estimate of drug-likeness (QED) is 0.469. The maximum atomic E-state index is 13.4. The molecule has 1 aliphatic rings. The van der Waals surface area contributed by atoms with Crippen molar-refractivity contribution >= 4 is 28.6 Å². The Morgan fingerprint density at radius 2 is 2.32 bits per heavy atom. The van der Waals surface area contributed by atoms with E-state index in [4.69, 9.17) is 0 Å². The largest absolute Gasteiger partial charge is 0.387 e. The van der Waals surface area contributed by atoms with Crippen LogP contribution < -0.4 is 10.6 Å². The first-order valence-corrected chi connectivity index (χ1v) is 9.83. The molecule has 1 atom stereocenters. The lowest BCUT2D eigenvalue weighted by Crippen LogP contribution is -2.40. The van der Waals surface area contributed by atoms with Crippen molar-refractivity contribution < 1.29 is 9.50 Å². The second-order valence-electron chi connectivity index (χ2n) is 6.40. The molecule has 1 aromatic carbocycles. The Hall–Kier alpha value is -1.73. The van der Waals surface area contributed by atoms with Gasteiger partial charge < -0.3 is 20.7 Å². The molecule has 1 unspecified atom stereocenters. The zero-order valence-corrected chi connectivity index (χ0v) is 15.3. The number of benzene rings is 1. The molecule has 136 valence electrons. The lowest BCUT2D eigenvalue weighted by atomic mass is 10.1. The number of fused-ring (bicyclic) bond motifs is 1. The molecule has 2 aromatic rings. The molecule has 25 heavy (non-hydrogen) atoms. The van der Waals surface area contributed by atoms with Crippen LogP contribution in [-0.4, -0.2) is 52.8 Å². The third-order valence-corrected chi connectivity index (χ3v) is 5.61. The summed E-state index contributed by atoms with van der Waals surface area (Å²) in [6, 6.07) is 4.78. The minimum Gasteiger partial charge on any atom is -0.387 e. The lowest BCUT2D eigenvalue weighted by Gasteiger charge is -2.19. The van der Waals surface area contributed by atoms with Crippen molar-refractivity contribution in [3.63, 3.8) is 0 Å². The van der Waals surface area contributed by atoms with Crippen LogP contribution in [0.1, 0.15) is 18.9 Å². The van der Waals surface area contributed by atoms with Crippen molar-refractivity contribution in [2.45, 2.75) is 25.4 Å². The van der Waals surface area contributed by atoms with Gasteiger partial charge in [0.2, 0.25) is 0 Å². The van der Waals surface area contributed by atoms with E-state index in [0.29, 0.717) is 19.0 Å². The van der Waals surface area contributed by atoms with E-state index in [1.165, 1.54) is 6.07 Å². The molecule has 0 radical (unpaired) electrons. The minimum absolute atomic E-state index is 0.223. The van der Waals surface area contributed by atoms with Crippen molar-refractivity contribution in [3.05, 3.63) is 35.8 Å². The van der Waals surface area contributed by atoms with E-state index in [9.17, 15) is 9.50 Å². The third-order valence-electron chi connectivity index (χ3n) is 4.37. The van der Waals surface area contributed by atoms with E-state index in [1.807, 2.05) is 13.1 Å². The van der Waals surface area contributed by atoms with Crippen LogP contribution in [0.3, 0.4) is 0 Å². The summed E-state index contributed by atoms with van der Waals surface area (Å²) in [5.41, 5.74) is 1.34. The monoisotopic (exact) mass is 364 g/mol. The normalized spacial score (nSPS) is 21.0. The second-order valence-corrected chi connectivity index (χ2v) is 7.51. The van der Waals surface area contributed by atoms with Crippen LogP contribution in [0.4, 0.5) is 4.39 Å².